The van der Waals surface area contributed by atoms with Crippen LogP contribution in [0.1, 0.15) is 33.4 Å². The Balaban J connectivity index is 1.55. The van der Waals surface area contributed by atoms with Crippen molar-refractivity contribution < 1.29 is 22.8 Å². The number of rotatable bonds is 12. The molecule has 0 aromatic heterocycles. The second kappa shape index (κ2) is 16.4. The number of likely N-dealkylation sites (N-methyl/N-ethyl adjacent to an activating group) is 2. The molecule has 256 valence electrons. The number of amides is 4. The van der Waals surface area contributed by atoms with Gasteiger partial charge in [0.15, 0.2) is 0 Å². The Morgan fingerprint density at radius 1 is 0.680 bits per heavy atom. The maximum atomic E-state index is 13.8. The van der Waals surface area contributed by atoms with E-state index in [-0.39, 0.29) is 12.8 Å². The van der Waals surface area contributed by atoms with Crippen LogP contribution in [0.4, 0.5) is 16.2 Å². The van der Waals surface area contributed by atoms with E-state index in [1.54, 1.807) is 111 Å². The van der Waals surface area contributed by atoms with E-state index >= 15 is 0 Å². The molecule has 0 heterocycles. The fraction of sp³-hybridized carbons (Fsp3) is 0.216. The fourth-order valence-corrected chi connectivity index (χ4v) is 6.21. The van der Waals surface area contributed by atoms with Gasteiger partial charge >= 0.3 is 16.2 Å². The van der Waals surface area contributed by atoms with Crippen LogP contribution in [-0.2, 0) is 32.6 Å². The second-order valence-electron chi connectivity index (χ2n) is 11.7. The van der Waals surface area contributed by atoms with Gasteiger partial charge in [0.1, 0.15) is 12.1 Å². The highest BCUT2D eigenvalue weighted by Gasteiger charge is 2.31. The summed E-state index contributed by atoms with van der Waals surface area (Å²) in [4.78, 5) is 43.4. The van der Waals surface area contributed by atoms with Crippen molar-refractivity contribution >= 4 is 39.4 Å². The molecule has 12 nitrogen and oxygen atoms in total. The summed E-state index contributed by atoms with van der Waals surface area (Å²) in [5, 5.41) is 21.1. The molecule has 0 aliphatic carbocycles. The summed E-state index contributed by atoms with van der Waals surface area (Å²) >= 11 is 0. The van der Waals surface area contributed by atoms with Crippen LogP contribution in [0.2, 0.25) is 0 Å². The van der Waals surface area contributed by atoms with Gasteiger partial charge in [0.2, 0.25) is 11.8 Å². The molecule has 0 radical (unpaired) electrons. The van der Waals surface area contributed by atoms with E-state index in [4.69, 9.17) is 0 Å². The molecule has 0 unspecified atom stereocenters. The van der Waals surface area contributed by atoms with E-state index in [0.717, 1.165) is 0 Å². The number of carbonyl (C=O) groups excluding carboxylic acids is 3. The van der Waals surface area contributed by atoms with Crippen LogP contribution < -0.4 is 24.6 Å². The van der Waals surface area contributed by atoms with E-state index in [1.807, 2.05) is 4.72 Å². The molecule has 0 saturated carbocycles. The zero-order chi connectivity index (χ0) is 36.4. The second-order valence-corrected chi connectivity index (χ2v) is 13.1. The highest BCUT2D eigenvalue weighted by molar-refractivity contribution is 7.88. The van der Waals surface area contributed by atoms with Gasteiger partial charge in [0.25, 0.3) is 0 Å². The molecule has 3 N–H and O–H groups in total. The summed E-state index contributed by atoms with van der Waals surface area (Å²) in [5.41, 5.74) is 4.49. The third-order valence-electron chi connectivity index (χ3n) is 8.09. The molecule has 4 amide bonds. The van der Waals surface area contributed by atoms with Crippen molar-refractivity contribution in [3.05, 3.63) is 130 Å². The number of nitriles is 2. The SMILES string of the molecule is Cc1cc(N(C)C(=O)[C@H](Cc2ccccc2)NC(=O)NS(=O)(=O)N[C@@H](Cc2ccccc2)C(=O)N(C)c2ccc(C#N)c(C)c2)ccc1C#N. The number of nitrogens with one attached hydrogen (secondary N) is 3. The van der Waals surface area contributed by atoms with Crippen molar-refractivity contribution in [3.63, 3.8) is 0 Å². The monoisotopic (exact) mass is 691 g/mol. The summed E-state index contributed by atoms with van der Waals surface area (Å²) in [6.07, 6.45) is 0.00974. The molecule has 4 aromatic carbocycles. The Morgan fingerprint density at radius 3 is 1.52 bits per heavy atom. The fourth-order valence-electron chi connectivity index (χ4n) is 5.29. The lowest BCUT2D eigenvalue weighted by Crippen LogP contribution is -2.57. The van der Waals surface area contributed by atoms with Crippen LogP contribution in [-0.4, -0.2) is 52.4 Å². The first kappa shape index (κ1) is 36.8. The van der Waals surface area contributed by atoms with Gasteiger partial charge in [-0.25, -0.2) is 9.52 Å². The first-order chi connectivity index (χ1) is 23.8. The molecule has 4 aromatic rings. The molecular formula is C37H37N7O5S. The first-order valence-electron chi connectivity index (χ1n) is 15.6. The predicted octanol–water partition coefficient (Wildman–Crippen LogP) is 4.03. The van der Waals surface area contributed by atoms with Crippen molar-refractivity contribution in [2.45, 2.75) is 38.8 Å². The van der Waals surface area contributed by atoms with E-state index < -0.39 is 40.1 Å². The minimum Gasteiger partial charge on any atom is -0.325 e. The number of hydrogen-bond acceptors (Lipinski definition) is 7. The average molecular weight is 692 g/mol. The normalized spacial score (nSPS) is 12.0. The summed E-state index contributed by atoms with van der Waals surface area (Å²) in [5.74, 6) is -1.14. The molecule has 0 saturated heterocycles. The largest absolute Gasteiger partial charge is 0.330 e. The van der Waals surface area contributed by atoms with Gasteiger partial charge in [0, 0.05) is 31.9 Å². The zero-order valence-electron chi connectivity index (χ0n) is 28.0. The lowest BCUT2D eigenvalue weighted by atomic mass is 10.0. The molecule has 0 bridgehead atoms. The molecule has 50 heavy (non-hydrogen) atoms. The molecule has 0 aliphatic rings. The molecule has 0 fully saturated rings. The van der Waals surface area contributed by atoms with Gasteiger partial charge in [-0.1, -0.05) is 60.7 Å². The standard InChI is InChI=1S/C37H37N7O5S/c1-25-19-31(17-15-29(25)23-38)43(3)35(45)33(21-27-11-7-5-8-12-27)40-37(47)42-50(48,49)41-34(22-28-13-9-6-10-14-28)36(46)44(4)32-18-16-30(24-39)26(2)20-32/h5-20,33-34,41H,21-22H2,1-4H3,(H2,40,42,47)/t33-,34-/m0/s1. The van der Waals surface area contributed by atoms with Crippen molar-refractivity contribution in [1.82, 2.24) is 14.8 Å². The average Bonchev–Trinajstić information content (AvgIpc) is 3.10. The number of urea groups is 1. The topological polar surface area (TPSA) is 176 Å². The van der Waals surface area contributed by atoms with Gasteiger partial charge in [0.05, 0.1) is 23.3 Å². The highest BCUT2D eigenvalue weighted by atomic mass is 32.2. The summed E-state index contributed by atoms with van der Waals surface area (Å²) in [6.45, 7) is 3.47. The highest BCUT2D eigenvalue weighted by Crippen LogP contribution is 2.21. The molecule has 13 heteroatoms. The number of anilines is 2. The van der Waals surface area contributed by atoms with Crippen LogP contribution >= 0.6 is 0 Å². The summed E-state index contributed by atoms with van der Waals surface area (Å²) in [6, 6.07) is 27.8. The number of carbonyl (C=O) groups is 3. The van der Waals surface area contributed by atoms with E-state index in [0.29, 0.717) is 44.8 Å². The molecule has 4 rings (SSSR count). The third kappa shape index (κ3) is 9.54. The Bertz CT molecular complexity index is 2060. The molecular weight excluding hydrogens is 655 g/mol. The Hall–Kier alpha value is -6.02. The number of hydrogen-bond donors (Lipinski definition) is 3. The first-order valence-corrected chi connectivity index (χ1v) is 17.0. The zero-order valence-corrected chi connectivity index (χ0v) is 28.9. The van der Waals surface area contributed by atoms with Gasteiger partial charge < -0.3 is 15.1 Å². The third-order valence-corrected chi connectivity index (χ3v) is 9.14. The Morgan fingerprint density at radius 2 is 1.10 bits per heavy atom. The minimum atomic E-state index is -4.67. The molecule has 0 spiro atoms. The number of aryl methyl sites for hydroxylation is 2. The van der Waals surface area contributed by atoms with Gasteiger partial charge in [-0.2, -0.15) is 23.7 Å². The van der Waals surface area contributed by atoms with Crippen LogP contribution in [0.3, 0.4) is 0 Å². The van der Waals surface area contributed by atoms with Crippen molar-refractivity contribution in [2.24, 2.45) is 0 Å². The number of nitrogens with zero attached hydrogens (tertiary/aromatic N) is 4. The van der Waals surface area contributed by atoms with Gasteiger partial charge in [-0.15, -0.1) is 0 Å². The predicted molar refractivity (Wildman–Crippen MR) is 190 cm³/mol. The van der Waals surface area contributed by atoms with Crippen LogP contribution in [0, 0.1) is 36.5 Å². The van der Waals surface area contributed by atoms with Crippen molar-refractivity contribution in [3.8, 4) is 12.1 Å². The van der Waals surface area contributed by atoms with Crippen LogP contribution in [0.15, 0.2) is 97.1 Å². The lowest BCUT2D eigenvalue weighted by Gasteiger charge is -2.26. The maximum Gasteiger partial charge on any atom is 0.330 e. The number of benzene rings is 4. The summed E-state index contributed by atoms with van der Waals surface area (Å²) in [7, 11) is -1.66. The smallest absolute Gasteiger partial charge is 0.325 e. The quantitative estimate of drug-likeness (QED) is 0.201. The van der Waals surface area contributed by atoms with Crippen molar-refractivity contribution in [2.75, 3.05) is 23.9 Å². The lowest BCUT2D eigenvalue weighted by molar-refractivity contribution is -0.120. The Kier molecular flexibility index (Phi) is 12.1. The van der Waals surface area contributed by atoms with Crippen molar-refractivity contribution in [1.29, 1.82) is 10.5 Å². The van der Waals surface area contributed by atoms with E-state index in [9.17, 15) is 33.3 Å². The Labute approximate surface area is 292 Å². The summed E-state index contributed by atoms with van der Waals surface area (Å²) < 4.78 is 31.0. The maximum absolute atomic E-state index is 13.8. The van der Waals surface area contributed by atoms with Gasteiger partial charge in [-0.3, -0.25) is 9.59 Å². The molecule has 0 aliphatic heterocycles. The van der Waals surface area contributed by atoms with E-state index in [2.05, 4.69) is 22.2 Å². The van der Waals surface area contributed by atoms with E-state index in [1.165, 1.54) is 23.9 Å². The molecule has 2 atom stereocenters. The van der Waals surface area contributed by atoms with Gasteiger partial charge in [-0.05, 0) is 78.9 Å². The van der Waals surface area contributed by atoms with Crippen LogP contribution in [0.5, 0.6) is 0 Å². The minimum absolute atomic E-state index is 0.0360. The van der Waals surface area contributed by atoms with Crippen LogP contribution in [0.25, 0.3) is 0 Å².